The number of amides is 1. The third-order valence-electron chi connectivity index (χ3n) is 5.19. The summed E-state index contributed by atoms with van der Waals surface area (Å²) < 4.78 is 0. The highest BCUT2D eigenvalue weighted by atomic mass is 32.1. The van der Waals surface area contributed by atoms with E-state index in [4.69, 9.17) is 0 Å². The molecule has 1 aliphatic carbocycles. The van der Waals surface area contributed by atoms with Crippen LogP contribution in [0.15, 0.2) is 30.3 Å². The fourth-order valence-corrected chi connectivity index (χ4v) is 5.13. The maximum Gasteiger partial charge on any atom is 0.260 e. The third kappa shape index (κ3) is 2.68. The molecule has 1 aromatic carbocycles. The predicted octanol–water partition coefficient (Wildman–Crippen LogP) is 4.46. The molecular formula is C20H24N2OS. The van der Waals surface area contributed by atoms with Crippen LogP contribution in [-0.2, 0) is 19.4 Å². The first kappa shape index (κ1) is 15.9. The molecule has 1 aliphatic heterocycles. The van der Waals surface area contributed by atoms with E-state index in [1.165, 1.54) is 46.7 Å². The van der Waals surface area contributed by atoms with E-state index in [0.717, 1.165) is 12.1 Å². The highest BCUT2D eigenvalue weighted by Gasteiger charge is 2.34. The molecule has 0 atom stereocenters. The molecule has 0 N–H and O–H groups in total. The van der Waals surface area contributed by atoms with E-state index in [1.807, 2.05) is 46.6 Å². The number of thiophene rings is 1. The minimum absolute atomic E-state index is 0.126. The van der Waals surface area contributed by atoms with Crippen molar-refractivity contribution in [3.8, 4) is 0 Å². The van der Waals surface area contributed by atoms with Crippen LogP contribution in [0.2, 0.25) is 0 Å². The molecule has 4 heteroatoms. The standard InChI is InChI=1S/C20H24N2OS/c1-14(2)21-12-17-16-10-6-7-11-18(16)24-20(17)22(13-21)19(23)15-8-4-3-5-9-15/h3-5,8-9,14H,6-7,10-13H2,1-2H3. The Bertz CT molecular complexity index is 750. The topological polar surface area (TPSA) is 23.6 Å². The Balaban J connectivity index is 1.77. The fraction of sp³-hybridized carbons (Fsp3) is 0.450. The van der Waals surface area contributed by atoms with Gasteiger partial charge < -0.3 is 0 Å². The van der Waals surface area contributed by atoms with E-state index < -0.39 is 0 Å². The van der Waals surface area contributed by atoms with Gasteiger partial charge >= 0.3 is 0 Å². The summed E-state index contributed by atoms with van der Waals surface area (Å²) in [5.41, 5.74) is 3.73. The van der Waals surface area contributed by atoms with Crippen LogP contribution in [0.25, 0.3) is 0 Å². The zero-order valence-electron chi connectivity index (χ0n) is 14.4. The predicted molar refractivity (Wildman–Crippen MR) is 99.8 cm³/mol. The number of carbonyl (C=O) groups excluding carboxylic acids is 1. The summed E-state index contributed by atoms with van der Waals surface area (Å²) in [6, 6.07) is 10.1. The normalized spacial score (nSPS) is 17.7. The monoisotopic (exact) mass is 340 g/mol. The number of benzene rings is 1. The molecule has 0 radical (unpaired) electrons. The number of aryl methyl sites for hydroxylation is 1. The Morgan fingerprint density at radius 2 is 1.83 bits per heavy atom. The number of anilines is 1. The highest BCUT2D eigenvalue weighted by molar-refractivity contribution is 7.16. The molecule has 1 amide bonds. The van der Waals surface area contributed by atoms with Gasteiger partial charge in [-0.05, 0) is 57.2 Å². The van der Waals surface area contributed by atoms with Crippen LogP contribution in [0, 0.1) is 0 Å². The molecule has 4 rings (SSSR count). The van der Waals surface area contributed by atoms with Gasteiger partial charge in [0.15, 0.2) is 0 Å². The summed E-state index contributed by atoms with van der Waals surface area (Å²) in [7, 11) is 0. The van der Waals surface area contributed by atoms with Crippen molar-refractivity contribution in [1.82, 2.24) is 4.90 Å². The van der Waals surface area contributed by atoms with Crippen LogP contribution in [0.5, 0.6) is 0 Å². The van der Waals surface area contributed by atoms with Gasteiger partial charge in [-0.3, -0.25) is 14.6 Å². The van der Waals surface area contributed by atoms with Gasteiger partial charge in [-0.1, -0.05) is 18.2 Å². The fourth-order valence-electron chi connectivity index (χ4n) is 3.74. The molecule has 3 nitrogen and oxygen atoms in total. The number of rotatable bonds is 2. The Labute approximate surface area is 147 Å². The van der Waals surface area contributed by atoms with E-state index in [0.29, 0.717) is 12.7 Å². The summed E-state index contributed by atoms with van der Waals surface area (Å²) in [4.78, 5) is 19.1. The van der Waals surface area contributed by atoms with Crippen molar-refractivity contribution in [3.05, 3.63) is 51.9 Å². The van der Waals surface area contributed by atoms with Crippen molar-refractivity contribution in [2.45, 2.75) is 52.1 Å². The summed E-state index contributed by atoms with van der Waals surface area (Å²) >= 11 is 1.86. The van der Waals surface area contributed by atoms with Crippen molar-refractivity contribution >= 4 is 22.2 Å². The van der Waals surface area contributed by atoms with E-state index in [1.54, 1.807) is 0 Å². The molecule has 2 aliphatic rings. The molecule has 24 heavy (non-hydrogen) atoms. The Kier molecular flexibility index (Phi) is 4.19. The second-order valence-electron chi connectivity index (χ2n) is 7.08. The van der Waals surface area contributed by atoms with Gasteiger partial charge in [-0.15, -0.1) is 11.3 Å². The first-order valence-corrected chi connectivity index (χ1v) is 9.71. The van der Waals surface area contributed by atoms with Crippen LogP contribution in [0.4, 0.5) is 5.00 Å². The average Bonchev–Trinajstić information content (AvgIpc) is 2.99. The second-order valence-corrected chi connectivity index (χ2v) is 8.16. The Morgan fingerprint density at radius 3 is 2.58 bits per heavy atom. The van der Waals surface area contributed by atoms with Gasteiger partial charge in [0, 0.05) is 28.6 Å². The average molecular weight is 340 g/mol. The number of hydrogen-bond acceptors (Lipinski definition) is 3. The largest absolute Gasteiger partial charge is 0.286 e. The van der Waals surface area contributed by atoms with Crippen molar-refractivity contribution in [2.75, 3.05) is 11.6 Å². The lowest BCUT2D eigenvalue weighted by atomic mass is 9.94. The lowest BCUT2D eigenvalue weighted by Crippen LogP contribution is -2.47. The molecule has 0 bridgehead atoms. The number of fused-ring (bicyclic) bond motifs is 3. The lowest BCUT2D eigenvalue weighted by molar-refractivity contribution is 0.0947. The first-order chi connectivity index (χ1) is 11.6. The first-order valence-electron chi connectivity index (χ1n) is 8.89. The molecule has 0 saturated carbocycles. The summed E-state index contributed by atoms with van der Waals surface area (Å²) in [5, 5.41) is 1.20. The zero-order chi connectivity index (χ0) is 16.7. The molecule has 2 heterocycles. The molecule has 126 valence electrons. The van der Waals surface area contributed by atoms with Crippen LogP contribution in [-0.4, -0.2) is 23.5 Å². The molecule has 1 aromatic heterocycles. The van der Waals surface area contributed by atoms with Gasteiger partial charge in [-0.25, -0.2) is 0 Å². The number of nitrogens with zero attached hydrogens (tertiary/aromatic N) is 2. The van der Waals surface area contributed by atoms with E-state index in [2.05, 4.69) is 18.7 Å². The summed E-state index contributed by atoms with van der Waals surface area (Å²) in [5.74, 6) is 0.126. The van der Waals surface area contributed by atoms with Crippen LogP contribution in [0.3, 0.4) is 0 Å². The second kappa shape index (κ2) is 6.34. The van der Waals surface area contributed by atoms with Crippen LogP contribution >= 0.6 is 11.3 Å². The molecule has 2 aromatic rings. The lowest BCUT2D eigenvalue weighted by Gasteiger charge is -2.38. The van der Waals surface area contributed by atoms with Crippen molar-refractivity contribution < 1.29 is 4.79 Å². The summed E-state index contributed by atoms with van der Waals surface area (Å²) in [6.45, 7) is 6.11. The van der Waals surface area contributed by atoms with Crippen molar-refractivity contribution in [1.29, 1.82) is 0 Å². The quantitative estimate of drug-likeness (QED) is 0.806. The molecule has 0 unspecified atom stereocenters. The molecular weight excluding hydrogens is 316 g/mol. The highest BCUT2D eigenvalue weighted by Crippen LogP contribution is 2.43. The molecule has 0 spiro atoms. The third-order valence-corrected chi connectivity index (χ3v) is 6.54. The number of hydrogen-bond donors (Lipinski definition) is 0. The molecule has 0 saturated heterocycles. The Morgan fingerprint density at radius 1 is 1.08 bits per heavy atom. The van der Waals surface area contributed by atoms with E-state index in [9.17, 15) is 4.79 Å². The van der Waals surface area contributed by atoms with Crippen LogP contribution < -0.4 is 4.90 Å². The summed E-state index contributed by atoms with van der Waals surface area (Å²) in [6.07, 6.45) is 4.93. The SMILES string of the molecule is CC(C)N1Cc2c(sc3c2CCCC3)N(C(=O)c2ccccc2)C1. The molecule has 0 fully saturated rings. The maximum absolute atomic E-state index is 13.1. The van der Waals surface area contributed by atoms with Gasteiger partial charge in [0.05, 0.1) is 6.67 Å². The zero-order valence-corrected chi connectivity index (χ0v) is 15.2. The van der Waals surface area contributed by atoms with Gasteiger partial charge in [0.2, 0.25) is 0 Å². The van der Waals surface area contributed by atoms with Gasteiger partial charge in [0.25, 0.3) is 5.91 Å². The van der Waals surface area contributed by atoms with Gasteiger partial charge in [0.1, 0.15) is 5.00 Å². The van der Waals surface area contributed by atoms with Crippen LogP contribution in [0.1, 0.15) is 53.1 Å². The van der Waals surface area contributed by atoms with Crippen molar-refractivity contribution in [2.24, 2.45) is 0 Å². The Hall–Kier alpha value is -1.65. The minimum atomic E-state index is 0.126. The smallest absolute Gasteiger partial charge is 0.260 e. The number of carbonyl (C=O) groups is 1. The minimum Gasteiger partial charge on any atom is -0.286 e. The maximum atomic E-state index is 13.1. The van der Waals surface area contributed by atoms with Gasteiger partial charge in [-0.2, -0.15) is 0 Å². The van der Waals surface area contributed by atoms with Crippen molar-refractivity contribution in [3.63, 3.8) is 0 Å². The van der Waals surface area contributed by atoms with E-state index >= 15 is 0 Å². The van der Waals surface area contributed by atoms with E-state index in [-0.39, 0.29) is 5.91 Å².